The molecule has 2 aliphatic heterocycles. The summed E-state index contributed by atoms with van der Waals surface area (Å²) < 4.78 is 34.9. The van der Waals surface area contributed by atoms with E-state index in [0.717, 1.165) is 109 Å². The highest BCUT2D eigenvalue weighted by Gasteiger charge is 2.29. The average molecular weight is 759 g/mol. The second-order valence-corrected chi connectivity index (χ2v) is 18.0. The van der Waals surface area contributed by atoms with E-state index in [2.05, 4.69) is 51.2 Å². The maximum absolute atomic E-state index is 14.0. The number of pyridine rings is 1. The third-order valence-corrected chi connectivity index (χ3v) is 12.7. The fraction of sp³-hybridized carbons (Fsp3) is 0.364. The molecule has 8 rings (SSSR count). The summed E-state index contributed by atoms with van der Waals surface area (Å²) in [6, 6.07) is 25.8. The van der Waals surface area contributed by atoms with E-state index in [9.17, 15) is 13.2 Å². The van der Waals surface area contributed by atoms with Crippen LogP contribution in [0.25, 0.3) is 44.2 Å². The van der Waals surface area contributed by atoms with Gasteiger partial charge in [-0.2, -0.15) is 0 Å². The minimum atomic E-state index is -3.90. The molecule has 0 aliphatic carbocycles. The Kier molecular flexibility index (Phi) is 10.0. The number of rotatable bonds is 8. The van der Waals surface area contributed by atoms with Gasteiger partial charge in [0.05, 0.1) is 4.90 Å². The van der Waals surface area contributed by atoms with E-state index in [-0.39, 0.29) is 11.0 Å². The lowest BCUT2D eigenvalue weighted by molar-refractivity contribution is 0.0159. The number of carbonyl (C=O) groups is 1. The molecule has 0 spiro atoms. The molecule has 5 heterocycles. The van der Waals surface area contributed by atoms with Crippen molar-refractivity contribution in [2.75, 3.05) is 45.8 Å². The lowest BCUT2D eigenvalue weighted by Crippen LogP contribution is -2.49. The van der Waals surface area contributed by atoms with Gasteiger partial charge in [0.15, 0.2) is 5.65 Å². The zero-order valence-electron chi connectivity index (χ0n) is 32.2. The number of ether oxygens (including phenoxy) is 1. The Hall–Kier alpha value is -4.97. The van der Waals surface area contributed by atoms with Crippen molar-refractivity contribution >= 4 is 38.1 Å². The average Bonchev–Trinajstić information content (AvgIpc) is 3.81. The Morgan fingerprint density at radius 2 is 1.53 bits per heavy atom. The molecule has 3 aromatic carbocycles. The minimum Gasteiger partial charge on any atom is -0.444 e. The number of likely N-dealkylation sites (tertiary alicyclic amines) is 1. The van der Waals surface area contributed by atoms with Gasteiger partial charge in [0.25, 0.3) is 10.0 Å². The predicted octanol–water partition coefficient (Wildman–Crippen LogP) is 8.16. The van der Waals surface area contributed by atoms with Crippen LogP contribution in [-0.4, -0.2) is 94.6 Å². The summed E-state index contributed by atoms with van der Waals surface area (Å²) in [5, 5.41) is 1.83. The second-order valence-electron chi connectivity index (χ2n) is 16.2. The van der Waals surface area contributed by atoms with Gasteiger partial charge in [-0.25, -0.2) is 22.2 Å². The summed E-state index contributed by atoms with van der Waals surface area (Å²) in [6.07, 6.45) is 7.25. The van der Waals surface area contributed by atoms with Gasteiger partial charge in [-0.1, -0.05) is 48.0 Å². The smallest absolute Gasteiger partial charge is 0.410 e. The van der Waals surface area contributed by atoms with Crippen LogP contribution in [0.2, 0.25) is 0 Å². The number of H-pyrrole nitrogens is 1. The summed E-state index contributed by atoms with van der Waals surface area (Å²) in [5.41, 5.74) is 6.91. The maximum atomic E-state index is 14.0. The first-order valence-electron chi connectivity index (χ1n) is 19.3. The number of nitrogens with zero attached hydrogens (tertiary/aromatic N) is 5. The molecule has 2 saturated heterocycles. The maximum Gasteiger partial charge on any atom is 0.410 e. The van der Waals surface area contributed by atoms with Crippen molar-refractivity contribution < 1.29 is 17.9 Å². The highest BCUT2D eigenvalue weighted by atomic mass is 32.2. The second kappa shape index (κ2) is 14.9. The number of hydrogen-bond donors (Lipinski definition) is 1. The number of fused-ring (bicyclic) bond motifs is 2. The fourth-order valence-electron chi connectivity index (χ4n) is 7.88. The molecule has 2 fully saturated rings. The Balaban J connectivity index is 0.944. The van der Waals surface area contributed by atoms with Crippen molar-refractivity contribution in [1.82, 2.24) is 28.6 Å². The minimum absolute atomic E-state index is 0.192. The highest BCUT2D eigenvalue weighted by Crippen LogP contribution is 2.36. The molecule has 1 amide bonds. The SMILES string of the molecule is Cc1ccc(S(=O)(=O)n2cc(-c3ccc4[nH]ccc4c3)c3cc(-c4ccc(CN5CCN(CC6CCN(C(=O)OC(C)(C)C)CC6)CC5)cc4)cnc32)cc1. The molecule has 0 saturated carbocycles. The van der Waals surface area contributed by atoms with Gasteiger partial charge in [-0.15, -0.1) is 0 Å². The van der Waals surface area contributed by atoms with Crippen LogP contribution in [0.4, 0.5) is 4.79 Å². The Labute approximate surface area is 323 Å². The summed E-state index contributed by atoms with van der Waals surface area (Å²) in [5.74, 6) is 0.613. The van der Waals surface area contributed by atoms with Crippen molar-refractivity contribution in [3.8, 4) is 22.3 Å². The van der Waals surface area contributed by atoms with Crippen molar-refractivity contribution in [2.24, 2.45) is 5.92 Å². The number of amides is 1. The fourth-order valence-corrected chi connectivity index (χ4v) is 9.20. The summed E-state index contributed by atoms with van der Waals surface area (Å²) in [6.45, 7) is 15.4. The Bertz CT molecular complexity index is 2410. The molecular formula is C44H50N6O4S. The van der Waals surface area contributed by atoms with Crippen molar-refractivity contribution in [1.29, 1.82) is 0 Å². The molecular weight excluding hydrogens is 709 g/mol. The molecule has 3 aromatic heterocycles. The molecule has 6 aromatic rings. The molecule has 10 nitrogen and oxygen atoms in total. The third kappa shape index (κ3) is 8.06. The van der Waals surface area contributed by atoms with E-state index in [1.807, 2.05) is 69.1 Å². The van der Waals surface area contributed by atoms with E-state index in [0.29, 0.717) is 11.6 Å². The number of benzene rings is 3. The first kappa shape index (κ1) is 37.0. The summed E-state index contributed by atoms with van der Waals surface area (Å²) in [4.78, 5) is 27.7. The van der Waals surface area contributed by atoms with E-state index < -0.39 is 15.6 Å². The zero-order chi connectivity index (χ0) is 38.3. The van der Waals surface area contributed by atoms with Gasteiger partial charge in [0, 0.05) is 93.0 Å². The van der Waals surface area contributed by atoms with E-state index in [1.165, 1.54) is 9.54 Å². The van der Waals surface area contributed by atoms with Gasteiger partial charge < -0.3 is 19.5 Å². The van der Waals surface area contributed by atoms with Crippen LogP contribution in [0.5, 0.6) is 0 Å². The van der Waals surface area contributed by atoms with Gasteiger partial charge in [0.2, 0.25) is 0 Å². The molecule has 11 heteroatoms. The van der Waals surface area contributed by atoms with E-state index >= 15 is 0 Å². The zero-order valence-corrected chi connectivity index (χ0v) is 33.0. The number of nitrogens with one attached hydrogen (secondary N) is 1. The topological polar surface area (TPSA) is 104 Å². The van der Waals surface area contributed by atoms with Gasteiger partial charge >= 0.3 is 6.09 Å². The van der Waals surface area contributed by atoms with Gasteiger partial charge in [-0.05, 0) is 105 Å². The van der Waals surface area contributed by atoms with Crippen molar-refractivity contribution in [3.63, 3.8) is 0 Å². The molecule has 0 radical (unpaired) electrons. The molecule has 2 aliphatic rings. The van der Waals surface area contributed by atoms with E-state index in [4.69, 9.17) is 9.72 Å². The lowest BCUT2D eigenvalue weighted by atomic mass is 9.96. The number of aromatic amines is 1. The van der Waals surface area contributed by atoms with Crippen molar-refractivity contribution in [2.45, 2.75) is 57.6 Å². The number of hydrogen-bond acceptors (Lipinski definition) is 7. The number of piperazine rings is 1. The first-order valence-corrected chi connectivity index (χ1v) is 20.8. The quantitative estimate of drug-likeness (QED) is 0.167. The Morgan fingerprint density at radius 1 is 0.836 bits per heavy atom. The predicted molar refractivity (Wildman–Crippen MR) is 218 cm³/mol. The standard InChI is InChI=1S/C44H50N6O4S/c1-31-5-12-38(13-6-31)55(52,53)50-30-40(35-11-14-41-36(25-35)15-18-45-41)39-26-37(27-46-42(39)50)34-9-7-32(8-10-34)28-47-21-23-48(24-22-47)29-33-16-19-49(20-17-33)43(51)54-44(2,3)4/h5-15,18,25-27,30,33,45H,16-17,19-24,28-29H2,1-4H3. The number of carbonyl (C=O) groups excluding carboxylic acids is 1. The summed E-state index contributed by atoms with van der Waals surface area (Å²) >= 11 is 0. The lowest BCUT2D eigenvalue weighted by Gasteiger charge is -2.39. The largest absolute Gasteiger partial charge is 0.444 e. The van der Waals surface area contributed by atoms with Crippen LogP contribution in [0.15, 0.2) is 102 Å². The monoisotopic (exact) mass is 758 g/mol. The van der Waals surface area contributed by atoms with Crippen molar-refractivity contribution in [3.05, 3.63) is 109 Å². The molecule has 55 heavy (non-hydrogen) atoms. The molecule has 286 valence electrons. The van der Waals surface area contributed by atoms with Crippen LogP contribution >= 0.6 is 0 Å². The van der Waals surface area contributed by atoms with Crippen LogP contribution < -0.4 is 0 Å². The van der Waals surface area contributed by atoms with Gasteiger partial charge in [-0.3, -0.25) is 4.90 Å². The molecule has 0 atom stereocenters. The number of piperidine rings is 1. The van der Waals surface area contributed by atoms with Crippen LogP contribution in [0.3, 0.4) is 0 Å². The van der Waals surface area contributed by atoms with Crippen LogP contribution in [0, 0.1) is 12.8 Å². The van der Waals surface area contributed by atoms with Crippen LogP contribution in [0.1, 0.15) is 44.7 Å². The third-order valence-electron chi connectivity index (χ3n) is 11.0. The number of aryl methyl sites for hydroxylation is 1. The van der Waals surface area contributed by atoms with Gasteiger partial charge in [0.1, 0.15) is 5.60 Å². The highest BCUT2D eigenvalue weighted by molar-refractivity contribution is 7.90. The first-order chi connectivity index (χ1) is 26.4. The van der Waals surface area contributed by atoms with E-state index in [1.54, 1.807) is 24.5 Å². The summed E-state index contributed by atoms with van der Waals surface area (Å²) in [7, 11) is -3.90. The normalized spacial score (nSPS) is 16.6. The Morgan fingerprint density at radius 3 is 2.24 bits per heavy atom. The number of aromatic nitrogens is 3. The molecule has 0 unspecified atom stereocenters. The molecule has 1 N–H and O–H groups in total. The van der Waals surface area contributed by atoms with Crippen LogP contribution in [-0.2, 0) is 21.3 Å². The molecule has 0 bridgehead atoms.